The van der Waals surface area contributed by atoms with Gasteiger partial charge in [-0.05, 0) is 49.2 Å². The highest BCUT2D eigenvalue weighted by Crippen LogP contribution is 2.19. The van der Waals surface area contributed by atoms with Crippen molar-refractivity contribution in [3.05, 3.63) is 96.6 Å². The largest absolute Gasteiger partial charge is 0.326 e. The highest BCUT2D eigenvalue weighted by atomic mass is 16.2. The summed E-state index contributed by atoms with van der Waals surface area (Å²) in [5, 5.41) is 2.86. The Kier molecular flexibility index (Phi) is 8.91. The van der Waals surface area contributed by atoms with E-state index in [0.29, 0.717) is 36.9 Å². The Morgan fingerprint density at radius 1 is 0.758 bits per heavy atom. The maximum absolute atomic E-state index is 13.1. The molecular weight excluding hydrogens is 414 g/mol. The summed E-state index contributed by atoms with van der Waals surface area (Å²) >= 11 is 0. The van der Waals surface area contributed by atoms with E-state index in [-0.39, 0.29) is 5.91 Å². The number of para-hydroxylation sites is 2. The predicted octanol–water partition coefficient (Wildman–Crippen LogP) is 4.78. The zero-order chi connectivity index (χ0) is 23.5. The lowest BCUT2D eigenvalue weighted by atomic mass is 10.1. The Morgan fingerprint density at radius 2 is 1.33 bits per heavy atom. The number of nitrogens with zero attached hydrogens (tertiary/aromatic N) is 1. The van der Waals surface area contributed by atoms with E-state index in [0.717, 1.165) is 17.0 Å². The van der Waals surface area contributed by atoms with Gasteiger partial charge in [-0.3, -0.25) is 14.4 Å². The number of rotatable bonds is 10. The minimum atomic E-state index is -0.809. The van der Waals surface area contributed by atoms with Crippen LogP contribution in [0.3, 0.4) is 0 Å². The molecule has 1 atom stereocenters. The quantitative estimate of drug-likeness (QED) is 0.441. The first-order valence-electron chi connectivity index (χ1n) is 11.1. The molecule has 0 aliphatic rings. The number of anilines is 2. The summed E-state index contributed by atoms with van der Waals surface area (Å²) < 4.78 is 0. The highest BCUT2D eigenvalue weighted by Gasteiger charge is 2.28. The summed E-state index contributed by atoms with van der Waals surface area (Å²) in [5.41, 5.74) is 7.88. The maximum atomic E-state index is 13.1. The van der Waals surface area contributed by atoms with Crippen molar-refractivity contribution >= 4 is 29.1 Å². The van der Waals surface area contributed by atoms with E-state index >= 15 is 0 Å². The van der Waals surface area contributed by atoms with Crippen LogP contribution in [0.15, 0.2) is 91.0 Å². The van der Waals surface area contributed by atoms with Crippen molar-refractivity contribution < 1.29 is 14.4 Å². The van der Waals surface area contributed by atoms with Crippen LogP contribution in [0.2, 0.25) is 0 Å². The van der Waals surface area contributed by atoms with Crippen LogP contribution in [-0.2, 0) is 9.59 Å². The predicted molar refractivity (Wildman–Crippen MR) is 131 cm³/mol. The number of carbonyl (C=O) groups is 3. The van der Waals surface area contributed by atoms with Crippen LogP contribution in [0.25, 0.3) is 0 Å². The van der Waals surface area contributed by atoms with Crippen LogP contribution in [-0.4, -0.2) is 23.8 Å². The zero-order valence-electron chi connectivity index (χ0n) is 18.5. The summed E-state index contributed by atoms with van der Waals surface area (Å²) in [4.78, 5) is 39.4. The van der Waals surface area contributed by atoms with Gasteiger partial charge in [0, 0.05) is 17.7 Å². The maximum Gasteiger partial charge on any atom is 0.265 e. The van der Waals surface area contributed by atoms with Gasteiger partial charge in [0.1, 0.15) is 0 Å². The zero-order valence-corrected chi connectivity index (χ0v) is 18.5. The summed E-state index contributed by atoms with van der Waals surface area (Å²) in [5.74, 6) is -0.873. The lowest BCUT2D eigenvalue weighted by Gasteiger charge is -2.24. The Bertz CT molecular complexity index is 1040. The van der Waals surface area contributed by atoms with Crippen molar-refractivity contribution in [2.75, 3.05) is 10.2 Å². The molecule has 0 bridgehead atoms. The van der Waals surface area contributed by atoms with Crippen LogP contribution < -0.4 is 16.0 Å². The van der Waals surface area contributed by atoms with Crippen LogP contribution >= 0.6 is 0 Å². The molecule has 6 heteroatoms. The molecule has 0 aliphatic carbocycles. The lowest BCUT2D eigenvalue weighted by molar-refractivity contribution is -0.119. The molecule has 33 heavy (non-hydrogen) atoms. The van der Waals surface area contributed by atoms with E-state index in [1.54, 1.807) is 48.5 Å². The van der Waals surface area contributed by atoms with Crippen LogP contribution in [0, 0.1) is 0 Å². The van der Waals surface area contributed by atoms with Crippen molar-refractivity contribution in [3.8, 4) is 0 Å². The van der Waals surface area contributed by atoms with Crippen LogP contribution in [0.4, 0.5) is 11.4 Å². The van der Waals surface area contributed by atoms with E-state index in [2.05, 4.69) is 5.32 Å². The SMILES string of the molecule is NC(CCCCCC(=O)Nc1ccccc1)C(=O)N(C(=O)c1ccccc1)c1ccccc1. The third kappa shape index (κ3) is 7.12. The average Bonchev–Trinajstić information content (AvgIpc) is 2.85. The topological polar surface area (TPSA) is 92.5 Å². The number of carbonyl (C=O) groups excluding carboxylic acids is 3. The molecule has 0 saturated carbocycles. The van der Waals surface area contributed by atoms with Crippen molar-refractivity contribution in [1.82, 2.24) is 0 Å². The molecule has 3 aromatic rings. The standard InChI is InChI=1S/C27H29N3O3/c28-24(19-11-4-12-20-25(31)29-22-15-7-2-8-16-22)27(33)30(23-17-9-3-10-18-23)26(32)21-13-5-1-6-14-21/h1-3,5-10,13-18,24H,4,11-12,19-20,28H2,(H,29,31). The summed E-state index contributed by atoms with van der Waals surface area (Å²) in [6, 6.07) is 26.0. The normalized spacial score (nSPS) is 11.4. The van der Waals surface area contributed by atoms with Crippen molar-refractivity contribution in [2.24, 2.45) is 5.73 Å². The molecule has 0 spiro atoms. The van der Waals surface area contributed by atoms with Crippen molar-refractivity contribution in [3.63, 3.8) is 0 Å². The Hall–Kier alpha value is -3.77. The Morgan fingerprint density at radius 3 is 1.97 bits per heavy atom. The van der Waals surface area contributed by atoms with Crippen molar-refractivity contribution in [2.45, 2.75) is 38.1 Å². The molecule has 3 N–H and O–H groups in total. The second-order valence-electron chi connectivity index (χ2n) is 7.80. The number of hydrogen-bond donors (Lipinski definition) is 2. The fourth-order valence-corrected chi connectivity index (χ4v) is 3.49. The van der Waals surface area contributed by atoms with E-state index in [1.807, 2.05) is 42.5 Å². The Balaban J connectivity index is 1.52. The molecule has 170 valence electrons. The van der Waals surface area contributed by atoms with Gasteiger partial charge in [0.05, 0.1) is 11.7 Å². The second-order valence-corrected chi connectivity index (χ2v) is 7.80. The van der Waals surface area contributed by atoms with E-state index in [4.69, 9.17) is 5.73 Å². The van der Waals surface area contributed by atoms with Crippen molar-refractivity contribution in [1.29, 1.82) is 0 Å². The highest BCUT2D eigenvalue weighted by molar-refractivity contribution is 6.22. The second kappa shape index (κ2) is 12.3. The number of imide groups is 1. The van der Waals surface area contributed by atoms with Gasteiger partial charge >= 0.3 is 0 Å². The first kappa shape index (κ1) is 23.9. The number of benzene rings is 3. The Labute approximate surface area is 194 Å². The summed E-state index contributed by atoms with van der Waals surface area (Å²) in [7, 11) is 0. The first-order chi connectivity index (χ1) is 16.1. The number of nitrogens with one attached hydrogen (secondary N) is 1. The molecule has 3 amide bonds. The van der Waals surface area contributed by atoms with Gasteiger partial charge in [0.2, 0.25) is 5.91 Å². The minimum absolute atomic E-state index is 0.0368. The van der Waals surface area contributed by atoms with E-state index < -0.39 is 17.9 Å². The van der Waals surface area contributed by atoms with Gasteiger partial charge in [0.25, 0.3) is 11.8 Å². The average molecular weight is 444 g/mol. The number of hydrogen-bond acceptors (Lipinski definition) is 4. The van der Waals surface area contributed by atoms with Crippen LogP contribution in [0.5, 0.6) is 0 Å². The van der Waals surface area contributed by atoms with E-state index in [9.17, 15) is 14.4 Å². The van der Waals surface area contributed by atoms with Gasteiger partial charge in [-0.1, -0.05) is 67.4 Å². The number of amides is 3. The third-order valence-electron chi connectivity index (χ3n) is 5.25. The molecule has 0 saturated heterocycles. The molecule has 0 fully saturated rings. The molecule has 0 aromatic heterocycles. The molecular formula is C27H29N3O3. The smallest absolute Gasteiger partial charge is 0.265 e. The molecule has 0 aliphatic heterocycles. The van der Waals surface area contributed by atoms with E-state index in [1.165, 1.54) is 0 Å². The minimum Gasteiger partial charge on any atom is -0.326 e. The van der Waals surface area contributed by atoms with Gasteiger partial charge < -0.3 is 11.1 Å². The molecule has 3 rings (SSSR count). The van der Waals surface area contributed by atoms with Gasteiger partial charge in [-0.2, -0.15) is 0 Å². The fourth-order valence-electron chi connectivity index (χ4n) is 3.49. The molecule has 0 heterocycles. The monoisotopic (exact) mass is 443 g/mol. The first-order valence-corrected chi connectivity index (χ1v) is 11.1. The van der Waals surface area contributed by atoms with Gasteiger partial charge in [-0.15, -0.1) is 0 Å². The lowest BCUT2D eigenvalue weighted by Crippen LogP contribution is -2.47. The molecule has 1 unspecified atom stereocenters. The van der Waals surface area contributed by atoms with Crippen LogP contribution in [0.1, 0.15) is 42.5 Å². The number of nitrogens with two attached hydrogens (primary N) is 1. The molecule has 0 radical (unpaired) electrons. The fraction of sp³-hybridized carbons (Fsp3) is 0.222. The molecule has 3 aromatic carbocycles. The third-order valence-corrected chi connectivity index (χ3v) is 5.25. The van der Waals surface area contributed by atoms with Gasteiger partial charge in [0.15, 0.2) is 0 Å². The summed E-state index contributed by atoms with van der Waals surface area (Å²) in [6.45, 7) is 0. The van der Waals surface area contributed by atoms with Gasteiger partial charge in [-0.25, -0.2) is 4.90 Å². The number of unbranched alkanes of at least 4 members (excludes halogenated alkanes) is 2. The molecule has 6 nitrogen and oxygen atoms in total. The summed E-state index contributed by atoms with van der Waals surface area (Å²) in [6.07, 6.45) is 2.99.